The molecule has 0 spiro atoms. The maximum Gasteiger partial charge on any atom is 0.303 e. The Balaban J connectivity index is 1.79. The summed E-state index contributed by atoms with van der Waals surface area (Å²) in [6.45, 7) is 2.43. The van der Waals surface area contributed by atoms with Gasteiger partial charge in [-0.05, 0) is 59.7 Å². The van der Waals surface area contributed by atoms with E-state index >= 15 is 0 Å². The predicted molar refractivity (Wildman–Crippen MR) is 101 cm³/mol. The minimum Gasteiger partial charge on any atom is -0.486 e. The third-order valence-corrected chi connectivity index (χ3v) is 4.88. The van der Waals surface area contributed by atoms with Crippen molar-refractivity contribution in [1.29, 1.82) is 0 Å². The average molecular weight is 406 g/mol. The van der Waals surface area contributed by atoms with E-state index < -0.39 is 17.6 Å². The highest BCUT2D eigenvalue weighted by Gasteiger charge is 2.19. The average Bonchev–Trinajstić information content (AvgIpc) is 2.70. The van der Waals surface area contributed by atoms with Crippen molar-refractivity contribution < 1.29 is 32.5 Å². The summed E-state index contributed by atoms with van der Waals surface area (Å²) in [5.41, 5.74) is 2.79. The Morgan fingerprint density at radius 2 is 1.97 bits per heavy atom. The van der Waals surface area contributed by atoms with Crippen LogP contribution in [-0.4, -0.2) is 30.9 Å². The lowest BCUT2D eigenvalue weighted by atomic mass is 9.96. The van der Waals surface area contributed by atoms with Crippen molar-refractivity contribution in [1.82, 2.24) is 0 Å². The molecule has 7 heteroatoms. The Morgan fingerprint density at radius 3 is 2.69 bits per heavy atom. The maximum absolute atomic E-state index is 14.3. The quantitative estimate of drug-likeness (QED) is 0.725. The van der Waals surface area contributed by atoms with E-state index in [0.717, 1.165) is 11.1 Å². The fourth-order valence-electron chi connectivity index (χ4n) is 3.13. The van der Waals surface area contributed by atoms with Crippen LogP contribution in [0.1, 0.15) is 29.5 Å². The van der Waals surface area contributed by atoms with E-state index in [1.165, 1.54) is 18.2 Å². The van der Waals surface area contributed by atoms with Gasteiger partial charge in [0.05, 0.1) is 13.2 Å². The molecular formula is C22H21F3O4. The minimum absolute atomic E-state index is 0.0129. The molecule has 0 aliphatic carbocycles. The Labute approximate surface area is 166 Å². The molecule has 1 heterocycles. The molecule has 0 fully saturated rings. The molecule has 0 radical (unpaired) electrons. The standard InChI is InChI=1S/C22H21F3O4/c1-13-2-3-15(10-18(13)23)17-12-28-9-8-16(17)11-29-19-6-4-14(5-7-20(26)27)21(24)22(19)25/h2-4,6,10H,5,7-9,11-12H2,1H3,(H,26,27). The normalized spacial score (nSPS) is 14.2. The largest absolute Gasteiger partial charge is 0.486 e. The second-order valence-corrected chi connectivity index (χ2v) is 6.88. The van der Waals surface area contributed by atoms with E-state index in [-0.39, 0.29) is 43.2 Å². The van der Waals surface area contributed by atoms with Crippen molar-refractivity contribution >= 4 is 11.5 Å². The van der Waals surface area contributed by atoms with Crippen LogP contribution in [0.25, 0.3) is 5.57 Å². The van der Waals surface area contributed by atoms with Gasteiger partial charge >= 0.3 is 5.97 Å². The van der Waals surface area contributed by atoms with Gasteiger partial charge < -0.3 is 14.6 Å². The van der Waals surface area contributed by atoms with Gasteiger partial charge in [-0.1, -0.05) is 18.2 Å². The highest BCUT2D eigenvalue weighted by Crippen LogP contribution is 2.29. The summed E-state index contributed by atoms with van der Waals surface area (Å²) >= 11 is 0. The molecule has 3 rings (SSSR count). The van der Waals surface area contributed by atoms with Crippen LogP contribution in [0.15, 0.2) is 35.9 Å². The van der Waals surface area contributed by atoms with Crippen LogP contribution in [0.4, 0.5) is 13.2 Å². The van der Waals surface area contributed by atoms with Gasteiger partial charge in [-0.3, -0.25) is 4.79 Å². The maximum atomic E-state index is 14.3. The molecule has 2 aromatic carbocycles. The molecule has 1 aliphatic rings. The van der Waals surface area contributed by atoms with Crippen molar-refractivity contribution in [2.24, 2.45) is 0 Å². The topological polar surface area (TPSA) is 55.8 Å². The molecule has 0 bridgehead atoms. The first-order valence-corrected chi connectivity index (χ1v) is 9.23. The number of halogens is 3. The van der Waals surface area contributed by atoms with Gasteiger partial charge in [0.15, 0.2) is 11.6 Å². The van der Waals surface area contributed by atoms with Gasteiger partial charge in [0.1, 0.15) is 12.4 Å². The van der Waals surface area contributed by atoms with Crippen molar-refractivity contribution in [3.05, 3.63) is 70.0 Å². The van der Waals surface area contributed by atoms with Gasteiger partial charge in [-0.15, -0.1) is 0 Å². The van der Waals surface area contributed by atoms with E-state index in [9.17, 15) is 18.0 Å². The molecule has 0 amide bonds. The van der Waals surface area contributed by atoms with Gasteiger partial charge in [0.2, 0.25) is 5.82 Å². The van der Waals surface area contributed by atoms with Crippen LogP contribution in [0.5, 0.6) is 5.75 Å². The number of benzene rings is 2. The minimum atomic E-state index is -1.15. The fraction of sp³-hybridized carbons (Fsp3) is 0.318. The molecule has 2 aromatic rings. The summed E-state index contributed by atoms with van der Waals surface area (Å²) in [6.07, 6.45) is 0.134. The van der Waals surface area contributed by atoms with Crippen LogP contribution in [-0.2, 0) is 16.0 Å². The Kier molecular flexibility index (Phi) is 6.59. The number of aliphatic carboxylic acids is 1. The number of hydrogen-bond acceptors (Lipinski definition) is 3. The summed E-state index contributed by atoms with van der Waals surface area (Å²) in [5, 5.41) is 8.69. The van der Waals surface area contributed by atoms with Crippen LogP contribution in [0, 0.1) is 24.4 Å². The van der Waals surface area contributed by atoms with Crippen LogP contribution >= 0.6 is 0 Å². The highest BCUT2D eigenvalue weighted by molar-refractivity contribution is 5.70. The molecule has 0 saturated heterocycles. The van der Waals surface area contributed by atoms with E-state index in [4.69, 9.17) is 14.6 Å². The summed E-state index contributed by atoms with van der Waals surface area (Å²) in [4.78, 5) is 10.6. The lowest BCUT2D eigenvalue weighted by Crippen LogP contribution is -2.16. The SMILES string of the molecule is Cc1ccc(C2=C(COc3ccc(CCC(=O)O)c(F)c3F)CCOC2)cc1F. The lowest BCUT2D eigenvalue weighted by Gasteiger charge is -2.22. The number of carboxylic acid groups (broad SMARTS) is 1. The summed E-state index contributed by atoms with van der Waals surface area (Å²) in [6, 6.07) is 7.51. The fourth-order valence-corrected chi connectivity index (χ4v) is 3.13. The summed E-state index contributed by atoms with van der Waals surface area (Å²) in [5.74, 6) is -3.92. The zero-order valence-corrected chi connectivity index (χ0v) is 15.9. The smallest absolute Gasteiger partial charge is 0.303 e. The first kappa shape index (κ1) is 20.9. The highest BCUT2D eigenvalue weighted by atomic mass is 19.2. The van der Waals surface area contributed by atoms with Gasteiger partial charge in [0, 0.05) is 6.42 Å². The molecule has 0 aromatic heterocycles. The molecular weight excluding hydrogens is 385 g/mol. The molecule has 0 unspecified atom stereocenters. The molecule has 0 saturated carbocycles. The number of ether oxygens (including phenoxy) is 2. The van der Waals surface area contributed by atoms with E-state index in [2.05, 4.69) is 0 Å². The van der Waals surface area contributed by atoms with Gasteiger partial charge in [-0.2, -0.15) is 4.39 Å². The molecule has 29 heavy (non-hydrogen) atoms. The number of hydrogen-bond donors (Lipinski definition) is 1. The monoisotopic (exact) mass is 406 g/mol. The van der Waals surface area contributed by atoms with Gasteiger partial charge in [0.25, 0.3) is 0 Å². The second-order valence-electron chi connectivity index (χ2n) is 6.88. The van der Waals surface area contributed by atoms with Crippen molar-refractivity contribution in [3.63, 3.8) is 0 Å². The first-order chi connectivity index (χ1) is 13.9. The van der Waals surface area contributed by atoms with E-state index in [1.807, 2.05) is 0 Å². The van der Waals surface area contributed by atoms with E-state index in [1.54, 1.807) is 19.1 Å². The summed E-state index contributed by atoms with van der Waals surface area (Å²) in [7, 11) is 0. The second kappa shape index (κ2) is 9.13. The Bertz CT molecular complexity index is 953. The molecule has 154 valence electrons. The summed E-state index contributed by atoms with van der Waals surface area (Å²) < 4.78 is 53.4. The van der Waals surface area contributed by atoms with Crippen molar-refractivity contribution in [2.75, 3.05) is 19.8 Å². The zero-order valence-electron chi connectivity index (χ0n) is 15.9. The molecule has 1 aliphatic heterocycles. The van der Waals surface area contributed by atoms with Crippen molar-refractivity contribution in [2.45, 2.75) is 26.2 Å². The third kappa shape index (κ3) is 4.98. The predicted octanol–water partition coefficient (Wildman–Crippen LogP) is 4.68. The van der Waals surface area contributed by atoms with Crippen LogP contribution in [0.3, 0.4) is 0 Å². The number of rotatable bonds is 7. The third-order valence-electron chi connectivity index (χ3n) is 4.88. The van der Waals surface area contributed by atoms with Crippen LogP contribution in [0.2, 0.25) is 0 Å². The van der Waals surface area contributed by atoms with E-state index in [0.29, 0.717) is 24.2 Å². The number of carboxylic acids is 1. The Hall–Kier alpha value is -2.80. The lowest BCUT2D eigenvalue weighted by molar-refractivity contribution is -0.136. The molecule has 1 N–H and O–H groups in total. The molecule has 4 nitrogen and oxygen atoms in total. The number of carbonyl (C=O) groups is 1. The molecule has 0 atom stereocenters. The van der Waals surface area contributed by atoms with Crippen molar-refractivity contribution in [3.8, 4) is 5.75 Å². The van der Waals surface area contributed by atoms with Crippen LogP contribution < -0.4 is 4.74 Å². The zero-order chi connectivity index (χ0) is 21.0. The van der Waals surface area contributed by atoms with Gasteiger partial charge in [-0.25, -0.2) is 8.78 Å². The number of aryl methyl sites for hydroxylation is 2. The first-order valence-electron chi connectivity index (χ1n) is 9.23. The Morgan fingerprint density at radius 1 is 1.17 bits per heavy atom.